The highest BCUT2D eigenvalue weighted by molar-refractivity contribution is 9.10. The summed E-state index contributed by atoms with van der Waals surface area (Å²) in [6.07, 6.45) is -3.89. The number of nitrogens with zero attached hydrogens (tertiary/aromatic N) is 2. The topological polar surface area (TPSA) is 146 Å². The molecule has 0 unspecified atom stereocenters. The molecule has 10 nitrogen and oxygen atoms in total. The summed E-state index contributed by atoms with van der Waals surface area (Å²) < 4.78 is 59.8. The molecule has 15 heteroatoms. The van der Waals surface area contributed by atoms with Crippen molar-refractivity contribution in [2.75, 3.05) is 24.8 Å². The summed E-state index contributed by atoms with van der Waals surface area (Å²) in [6, 6.07) is 8.90. The van der Waals surface area contributed by atoms with Crippen LogP contribution in [-0.4, -0.2) is 39.8 Å². The van der Waals surface area contributed by atoms with Gasteiger partial charge in [0.2, 0.25) is 5.95 Å². The number of aromatic nitrogens is 2. The quantitative estimate of drug-likeness (QED) is 0.160. The number of carbonyl (C=O) groups is 1. The van der Waals surface area contributed by atoms with Gasteiger partial charge in [0.25, 0.3) is 5.91 Å². The number of amides is 1. The third kappa shape index (κ3) is 6.41. The Morgan fingerprint density at radius 2 is 1.73 bits per heavy atom. The Bertz CT molecular complexity index is 1450. The molecule has 0 aliphatic carbocycles. The summed E-state index contributed by atoms with van der Waals surface area (Å²) in [5.41, 5.74) is -0.411. The van der Waals surface area contributed by atoms with Crippen molar-refractivity contribution in [2.45, 2.75) is 38.0 Å². The number of anilines is 4. The Morgan fingerprint density at radius 3 is 2.27 bits per heavy atom. The number of methoxy groups -OCH3 is 1. The highest BCUT2D eigenvalue weighted by Gasteiger charge is 2.45. The number of benzene rings is 2. The Morgan fingerprint density at radius 1 is 1.07 bits per heavy atom. The third-order valence-electron chi connectivity index (χ3n) is 6.51. The first-order valence-electron chi connectivity index (χ1n) is 11.9. The Balaban J connectivity index is 2.06. The monoisotopic (exact) mass is 645 g/mol. The van der Waals surface area contributed by atoms with Crippen molar-refractivity contribution in [1.29, 1.82) is 0 Å². The fourth-order valence-corrected chi connectivity index (χ4v) is 5.92. The SMILES string of the molecule is CCC(CC)(c1ccc(Nc2ncc(C(F)(F)F)c(Nc3ccc(Br)cc3C(=O)NC)n2)c(OC)c1)P(=O)(O)O. The number of hydrogen-bond acceptors (Lipinski definition) is 7. The second-order valence-corrected chi connectivity index (χ2v) is 11.5. The smallest absolute Gasteiger partial charge is 0.421 e. The molecule has 0 atom stereocenters. The molecule has 0 saturated heterocycles. The standard InChI is InChI=1S/C25H28BrF3N5O5P/c1-5-24(6-2,40(36,37)38)14-7-9-19(20(11-14)39-4)33-23-31-13-17(25(27,28)29)21(34-23)32-18-10-8-15(26)12-16(18)22(35)30-3/h7-13H,5-6H2,1-4H3,(H,30,35)(H2,36,37,38)(H2,31,32,33,34). The predicted octanol–water partition coefficient (Wildman–Crippen LogP) is 6.31. The maximum atomic E-state index is 13.8. The molecule has 0 aliphatic rings. The van der Waals surface area contributed by atoms with Gasteiger partial charge in [-0.15, -0.1) is 0 Å². The third-order valence-corrected chi connectivity index (χ3v) is 9.01. The van der Waals surface area contributed by atoms with Crippen molar-refractivity contribution in [2.24, 2.45) is 0 Å². The lowest BCUT2D eigenvalue weighted by molar-refractivity contribution is -0.137. The van der Waals surface area contributed by atoms with Gasteiger partial charge in [-0.3, -0.25) is 9.36 Å². The van der Waals surface area contributed by atoms with Gasteiger partial charge >= 0.3 is 13.8 Å². The fraction of sp³-hybridized carbons (Fsp3) is 0.320. The van der Waals surface area contributed by atoms with Gasteiger partial charge in [0.15, 0.2) is 0 Å². The molecule has 216 valence electrons. The van der Waals surface area contributed by atoms with E-state index in [1.807, 2.05) is 0 Å². The van der Waals surface area contributed by atoms with Crippen LogP contribution in [0.5, 0.6) is 5.75 Å². The molecule has 2 aromatic carbocycles. The Labute approximate surface area is 237 Å². The van der Waals surface area contributed by atoms with Gasteiger partial charge in [0.1, 0.15) is 17.1 Å². The molecule has 0 fully saturated rings. The number of carbonyl (C=O) groups excluding carboxylic acids is 1. The van der Waals surface area contributed by atoms with Gasteiger partial charge in [-0.05, 0) is 48.7 Å². The van der Waals surface area contributed by atoms with Crippen LogP contribution in [0.2, 0.25) is 0 Å². The van der Waals surface area contributed by atoms with Gasteiger partial charge in [0, 0.05) is 17.7 Å². The zero-order valence-electron chi connectivity index (χ0n) is 21.9. The van der Waals surface area contributed by atoms with Crippen molar-refractivity contribution in [3.05, 3.63) is 63.8 Å². The number of halogens is 4. The van der Waals surface area contributed by atoms with Gasteiger partial charge in [-0.1, -0.05) is 35.8 Å². The Hall–Kier alpha value is -3.19. The Kier molecular flexibility index (Phi) is 9.50. The normalized spacial score (nSPS) is 12.2. The van der Waals surface area contributed by atoms with Gasteiger partial charge in [-0.25, -0.2) is 4.98 Å². The van der Waals surface area contributed by atoms with E-state index < -0.39 is 36.2 Å². The molecule has 5 N–H and O–H groups in total. The van der Waals surface area contributed by atoms with Crippen LogP contribution >= 0.6 is 23.5 Å². The summed E-state index contributed by atoms with van der Waals surface area (Å²) in [7, 11) is -1.83. The zero-order valence-corrected chi connectivity index (χ0v) is 24.4. The van der Waals surface area contributed by atoms with Crippen LogP contribution in [0.15, 0.2) is 47.1 Å². The molecule has 0 spiro atoms. The fourth-order valence-electron chi connectivity index (χ4n) is 4.26. The second kappa shape index (κ2) is 12.1. The minimum absolute atomic E-state index is 0.0764. The average molecular weight is 646 g/mol. The van der Waals surface area contributed by atoms with Crippen LogP contribution in [0.4, 0.5) is 36.3 Å². The molecule has 0 radical (unpaired) electrons. The molecular formula is C25H28BrF3N5O5P. The van der Waals surface area contributed by atoms with Crippen LogP contribution in [-0.2, 0) is 15.9 Å². The first-order valence-corrected chi connectivity index (χ1v) is 14.3. The lowest BCUT2D eigenvalue weighted by Crippen LogP contribution is -2.24. The molecule has 3 rings (SSSR count). The first-order chi connectivity index (χ1) is 18.7. The molecule has 1 heterocycles. The molecule has 0 bridgehead atoms. The van der Waals surface area contributed by atoms with Gasteiger partial charge in [-0.2, -0.15) is 18.2 Å². The van der Waals surface area contributed by atoms with E-state index in [2.05, 4.69) is 41.8 Å². The summed E-state index contributed by atoms with van der Waals surface area (Å²) >= 11 is 3.25. The zero-order chi connectivity index (χ0) is 29.9. The van der Waals surface area contributed by atoms with E-state index in [4.69, 9.17) is 4.74 Å². The number of rotatable bonds is 10. The number of nitrogens with one attached hydrogen (secondary N) is 3. The molecule has 40 heavy (non-hydrogen) atoms. The van der Waals surface area contributed by atoms with E-state index in [9.17, 15) is 32.3 Å². The molecule has 1 aromatic heterocycles. The van der Waals surface area contributed by atoms with E-state index in [0.717, 1.165) is 0 Å². The summed E-state index contributed by atoms with van der Waals surface area (Å²) in [4.78, 5) is 40.3. The van der Waals surface area contributed by atoms with Crippen molar-refractivity contribution in [3.63, 3.8) is 0 Å². The highest BCUT2D eigenvalue weighted by atomic mass is 79.9. The first kappa shape index (κ1) is 31.3. The molecule has 3 aromatic rings. The van der Waals surface area contributed by atoms with E-state index in [1.165, 1.54) is 44.5 Å². The van der Waals surface area contributed by atoms with Crippen LogP contribution in [0.3, 0.4) is 0 Å². The number of alkyl halides is 3. The largest absolute Gasteiger partial charge is 0.495 e. The van der Waals surface area contributed by atoms with Crippen LogP contribution < -0.4 is 20.7 Å². The average Bonchev–Trinajstić information content (AvgIpc) is 2.89. The summed E-state index contributed by atoms with van der Waals surface area (Å²) in [5.74, 6) is -1.19. The van der Waals surface area contributed by atoms with Crippen molar-refractivity contribution in [1.82, 2.24) is 15.3 Å². The maximum absolute atomic E-state index is 13.8. The minimum atomic E-state index is -4.81. The van der Waals surface area contributed by atoms with E-state index in [1.54, 1.807) is 19.9 Å². The van der Waals surface area contributed by atoms with Crippen molar-refractivity contribution < 1.29 is 37.1 Å². The minimum Gasteiger partial charge on any atom is -0.495 e. The maximum Gasteiger partial charge on any atom is 0.421 e. The molecular weight excluding hydrogens is 618 g/mol. The van der Waals surface area contributed by atoms with Crippen LogP contribution in [0.1, 0.15) is 48.2 Å². The highest BCUT2D eigenvalue weighted by Crippen LogP contribution is 2.61. The second-order valence-electron chi connectivity index (χ2n) is 8.67. The lowest BCUT2D eigenvalue weighted by Gasteiger charge is -2.33. The van der Waals surface area contributed by atoms with Gasteiger partial charge < -0.3 is 30.5 Å². The number of ether oxygens (including phenoxy) is 1. The number of hydrogen-bond donors (Lipinski definition) is 5. The van der Waals surface area contributed by atoms with Crippen LogP contribution in [0, 0.1) is 0 Å². The molecule has 1 amide bonds. The van der Waals surface area contributed by atoms with E-state index in [-0.39, 0.29) is 41.5 Å². The molecule has 0 aliphatic heterocycles. The summed E-state index contributed by atoms with van der Waals surface area (Å²) in [5, 5.41) is 6.40. The van der Waals surface area contributed by atoms with E-state index in [0.29, 0.717) is 16.2 Å². The van der Waals surface area contributed by atoms with Gasteiger partial charge in [0.05, 0.1) is 29.2 Å². The van der Waals surface area contributed by atoms with Crippen molar-refractivity contribution >= 4 is 52.6 Å². The molecule has 0 saturated carbocycles. The van der Waals surface area contributed by atoms with E-state index >= 15 is 0 Å². The lowest BCUT2D eigenvalue weighted by atomic mass is 9.92. The summed E-state index contributed by atoms with van der Waals surface area (Å²) in [6.45, 7) is 3.35. The predicted molar refractivity (Wildman–Crippen MR) is 148 cm³/mol. The van der Waals surface area contributed by atoms with Crippen LogP contribution in [0.25, 0.3) is 0 Å². The van der Waals surface area contributed by atoms with Crippen molar-refractivity contribution in [3.8, 4) is 5.75 Å².